The van der Waals surface area contributed by atoms with E-state index < -0.39 is 0 Å². The van der Waals surface area contributed by atoms with Crippen molar-refractivity contribution in [1.29, 1.82) is 0 Å². The Hall–Kier alpha value is -1.80. The fourth-order valence-corrected chi connectivity index (χ4v) is 2.51. The predicted molar refractivity (Wildman–Crippen MR) is 73.3 cm³/mol. The van der Waals surface area contributed by atoms with E-state index in [2.05, 4.69) is 0 Å². The van der Waals surface area contributed by atoms with Gasteiger partial charge in [0.2, 0.25) is 0 Å². The fourth-order valence-electron chi connectivity index (χ4n) is 2.32. The summed E-state index contributed by atoms with van der Waals surface area (Å²) in [5, 5.41) is 0.725. The molecule has 18 heavy (non-hydrogen) atoms. The smallest absolute Gasteiger partial charge is 0.258 e. The van der Waals surface area contributed by atoms with Crippen LogP contribution in [0.4, 0.5) is 5.69 Å². The van der Waals surface area contributed by atoms with E-state index in [1.54, 1.807) is 0 Å². The van der Waals surface area contributed by atoms with E-state index in [0.717, 1.165) is 34.8 Å². The summed E-state index contributed by atoms with van der Waals surface area (Å²) in [7, 11) is 0. The van der Waals surface area contributed by atoms with Crippen LogP contribution in [-0.2, 0) is 6.42 Å². The molecule has 90 valence electrons. The Morgan fingerprint density at radius 3 is 2.67 bits per heavy atom. The second-order valence-electron chi connectivity index (χ2n) is 4.35. The third-order valence-electron chi connectivity index (χ3n) is 3.20. The quantitative estimate of drug-likeness (QED) is 0.765. The maximum absolute atomic E-state index is 12.4. The SMILES string of the molecule is O=C(c1ccccc1)N1CCc2cc(Cl)ccc21. The minimum atomic E-state index is 0.0525. The van der Waals surface area contributed by atoms with Gasteiger partial charge in [-0.1, -0.05) is 29.8 Å². The molecule has 0 radical (unpaired) electrons. The highest BCUT2D eigenvalue weighted by atomic mass is 35.5. The number of halogens is 1. The van der Waals surface area contributed by atoms with Crippen LogP contribution in [0.3, 0.4) is 0 Å². The van der Waals surface area contributed by atoms with E-state index in [4.69, 9.17) is 11.6 Å². The monoisotopic (exact) mass is 257 g/mol. The standard InChI is InChI=1S/C15H12ClNO/c16-13-6-7-14-12(10-13)8-9-17(14)15(18)11-4-2-1-3-5-11/h1-7,10H,8-9H2. The van der Waals surface area contributed by atoms with Gasteiger partial charge < -0.3 is 4.90 Å². The first kappa shape index (κ1) is 11.3. The molecule has 3 rings (SSSR count). The van der Waals surface area contributed by atoms with Gasteiger partial charge >= 0.3 is 0 Å². The number of carbonyl (C=O) groups excluding carboxylic acids is 1. The maximum Gasteiger partial charge on any atom is 0.258 e. The Morgan fingerprint density at radius 1 is 1.11 bits per heavy atom. The van der Waals surface area contributed by atoms with Crippen LogP contribution in [-0.4, -0.2) is 12.5 Å². The summed E-state index contributed by atoms with van der Waals surface area (Å²) in [6, 6.07) is 15.1. The van der Waals surface area contributed by atoms with Gasteiger partial charge in [-0.15, -0.1) is 0 Å². The molecule has 1 amide bonds. The summed E-state index contributed by atoms with van der Waals surface area (Å²) in [5.41, 5.74) is 2.85. The van der Waals surface area contributed by atoms with Crippen molar-refractivity contribution < 1.29 is 4.79 Å². The summed E-state index contributed by atoms with van der Waals surface area (Å²) in [5.74, 6) is 0.0525. The number of amides is 1. The molecule has 0 saturated carbocycles. The first-order valence-corrected chi connectivity index (χ1v) is 6.29. The molecule has 1 aliphatic rings. The van der Waals surface area contributed by atoms with Crippen molar-refractivity contribution in [3.05, 3.63) is 64.7 Å². The van der Waals surface area contributed by atoms with Crippen LogP contribution in [0, 0.1) is 0 Å². The molecule has 0 aromatic heterocycles. The third-order valence-corrected chi connectivity index (χ3v) is 3.44. The average Bonchev–Trinajstić information content (AvgIpc) is 2.81. The Kier molecular flexibility index (Phi) is 2.80. The van der Waals surface area contributed by atoms with E-state index in [-0.39, 0.29) is 5.91 Å². The number of hydrogen-bond donors (Lipinski definition) is 0. The van der Waals surface area contributed by atoms with E-state index in [9.17, 15) is 4.79 Å². The van der Waals surface area contributed by atoms with Crippen LogP contribution in [0.5, 0.6) is 0 Å². The van der Waals surface area contributed by atoms with Crippen LogP contribution in [0.15, 0.2) is 48.5 Å². The number of anilines is 1. The first-order valence-electron chi connectivity index (χ1n) is 5.91. The molecule has 2 aromatic carbocycles. The van der Waals surface area contributed by atoms with Gasteiger partial charge in [0.15, 0.2) is 0 Å². The summed E-state index contributed by atoms with van der Waals surface area (Å²) in [6.07, 6.45) is 0.870. The highest BCUT2D eigenvalue weighted by molar-refractivity contribution is 6.30. The minimum absolute atomic E-state index is 0.0525. The zero-order chi connectivity index (χ0) is 12.5. The molecule has 0 atom stereocenters. The molecule has 0 bridgehead atoms. The van der Waals surface area contributed by atoms with Crippen LogP contribution in [0.25, 0.3) is 0 Å². The normalized spacial score (nSPS) is 13.5. The lowest BCUT2D eigenvalue weighted by Gasteiger charge is -2.17. The molecule has 0 unspecified atom stereocenters. The lowest BCUT2D eigenvalue weighted by atomic mass is 10.1. The molecule has 0 N–H and O–H groups in total. The second kappa shape index (κ2) is 4.46. The van der Waals surface area contributed by atoms with Gasteiger partial charge in [-0.05, 0) is 42.3 Å². The molecule has 1 heterocycles. The van der Waals surface area contributed by atoms with Gasteiger partial charge in [-0.25, -0.2) is 0 Å². The molecule has 2 nitrogen and oxygen atoms in total. The van der Waals surface area contributed by atoms with Crippen molar-refractivity contribution in [2.75, 3.05) is 11.4 Å². The van der Waals surface area contributed by atoms with Gasteiger partial charge in [-0.2, -0.15) is 0 Å². The summed E-state index contributed by atoms with van der Waals surface area (Å²) in [4.78, 5) is 14.2. The lowest BCUT2D eigenvalue weighted by Crippen LogP contribution is -2.28. The third kappa shape index (κ3) is 1.89. The van der Waals surface area contributed by atoms with Crippen molar-refractivity contribution in [3.8, 4) is 0 Å². The van der Waals surface area contributed by atoms with Crippen molar-refractivity contribution in [3.63, 3.8) is 0 Å². The van der Waals surface area contributed by atoms with Crippen molar-refractivity contribution in [2.45, 2.75) is 6.42 Å². The Labute approximate surface area is 111 Å². The molecule has 0 saturated heterocycles. The molecular weight excluding hydrogens is 246 g/mol. The van der Waals surface area contributed by atoms with E-state index in [1.165, 1.54) is 0 Å². The number of benzene rings is 2. The summed E-state index contributed by atoms with van der Waals surface area (Å²) < 4.78 is 0. The number of rotatable bonds is 1. The summed E-state index contributed by atoms with van der Waals surface area (Å²) in [6.45, 7) is 0.726. The number of nitrogens with zero attached hydrogens (tertiary/aromatic N) is 1. The molecular formula is C15H12ClNO. The topological polar surface area (TPSA) is 20.3 Å². The largest absolute Gasteiger partial charge is 0.308 e. The van der Waals surface area contributed by atoms with Gasteiger partial charge in [-0.3, -0.25) is 4.79 Å². The highest BCUT2D eigenvalue weighted by Crippen LogP contribution is 2.31. The molecule has 3 heteroatoms. The number of carbonyl (C=O) groups is 1. The fraction of sp³-hybridized carbons (Fsp3) is 0.133. The molecule has 0 fully saturated rings. The second-order valence-corrected chi connectivity index (χ2v) is 4.78. The van der Waals surface area contributed by atoms with Crippen molar-refractivity contribution in [1.82, 2.24) is 0 Å². The van der Waals surface area contributed by atoms with Gasteiger partial charge in [0.25, 0.3) is 5.91 Å². The van der Waals surface area contributed by atoms with Crippen LogP contribution < -0.4 is 4.90 Å². The van der Waals surface area contributed by atoms with Crippen molar-refractivity contribution in [2.24, 2.45) is 0 Å². The predicted octanol–water partition coefficient (Wildman–Crippen LogP) is 3.54. The van der Waals surface area contributed by atoms with E-state index >= 15 is 0 Å². The van der Waals surface area contributed by atoms with E-state index in [0.29, 0.717) is 0 Å². The zero-order valence-corrected chi connectivity index (χ0v) is 10.5. The van der Waals surface area contributed by atoms with Crippen LogP contribution in [0.2, 0.25) is 5.02 Å². The van der Waals surface area contributed by atoms with Gasteiger partial charge in [0.05, 0.1) is 0 Å². The highest BCUT2D eigenvalue weighted by Gasteiger charge is 2.25. The lowest BCUT2D eigenvalue weighted by molar-refractivity contribution is 0.0989. The Bertz CT molecular complexity index is 595. The zero-order valence-electron chi connectivity index (χ0n) is 9.77. The minimum Gasteiger partial charge on any atom is -0.308 e. The molecule has 2 aromatic rings. The molecule has 1 aliphatic heterocycles. The maximum atomic E-state index is 12.4. The summed E-state index contributed by atoms with van der Waals surface area (Å²) >= 11 is 5.96. The molecule has 0 aliphatic carbocycles. The van der Waals surface area contributed by atoms with Crippen LogP contribution in [0.1, 0.15) is 15.9 Å². The van der Waals surface area contributed by atoms with Gasteiger partial charge in [0.1, 0.15) is 0 Å². The van der Waals surface area contributed by atoms with E-state index in [1.807, 2.05) is 53.4 Å². The average molecular weight is 258 g/mol. The first-order chi connectivity index (χ1) is 8.75. The Morgan fingerprint density at radius 2 is 1.89 bits per heavy atom. The van der Waals surface area contributed by atoms with Crippen molar-refractivity contribution >= 4 is 23.2 Å². The van der Waals surface area contributed by atoms with Gasteiger partial charge in [0, 0.05) is 22.8 Å². The number of hydrogen-bond acceptors (Lipinski definition) is 1. The van der Waals surface area contributed by atoms with Crippen LogP contribution >= 0.6 is 11.6 Å². The molecule has 0 spiro atoms. The number of fused-ring (bicyclic) bond motifs is 1. The Balaban J connectivity index is 1.95.